The van der Waals surface area contributed by atoms with Crippen molar-refractivity contribution < 1.29 is 19.4 Å². The fourth-order valence-corrected chi connectivity index (χ4v) is 4.94. The zero-order valence-corrected chi connectivity index (χ0v) is 15.2. The number of para-hydroxylation sites is 1. The van der Waals surface area contributed by atoms with Gasteiger partial charge < -0.3 is 19.7 Å². The number of amides is 1. The lowest BCUT2D eigenvalue weighted by molar-refractivity contribution is -0.165. The average molecular weight is 368 g/mol. The molecule has 5 rings (SSSR count). The van der Waals surface area contributed by atoms with Crippen LogP contribution in [0.25, 0.3) is 10.9 Å². The van der Waals surface area contributed by atoms with E-state index in [1.807, 2.05) is 23.1 Å². The van der Waals surface area contributed by atoms with Crippen LogP contribution in [0.1, 0.15) is 37.8 Å². The van der Waals surface area contributed by atoms with E-state index in [0.717, 1.165) is 29.4 Å². The third-order valence-electron chi connectivity index (χ3n) is 6.60. The number of H-pyrrole nitrogens is 1. The second-order valence-electron chi connectivity index (χ2n) is 8.58. The van der Waals surface area contributed by atoms with E-state index in [4.69, 9.17) is 4.74 Å². The topological polar surface area (TPSA) is 82.6 Å². The first kappa shape index (κ1) is 16.8. The maximum absolute atomic E-state index is 13.6. The van der Waals surface area contributed by atoms with Gasteiger partial charge in [-0.15, -0.1) is 0 Å². The molecule has 3 fully saturated rings. The van der Waals surface area contributed by atoms with Gasteiger partial charge in [-0.2, -0.15) is 0 Å². The number of aromatic nitrogens is 1. The van der Waals surface area contributed by atoms with Gasteiger partial charge in [0.1, 0.15) is 0 Å². The SMILES string of the molecule is O=C(O)C12CCC(C(=O)N(Cc3cc4ccccc4[nH]3)C3CC3)(COC1)C2. The van der Waals surface area contributed by atoms with Crippen LogP contribution < -0.4 is 0 Å². The van der Waals surface area contributed by atoms with Gasteiger partial charge in [-0.05, 0) is 49.6 Å². The number of hydrogen-bond acceptors (Lipinski definition) is 3. The highest BCUT2D eigenvalue weighted by Crippen LogP contribution is 2.55. The lowest BCUT2D eigenvalue weighted by Gasteiger charge is -2.39. The first-order chi connectivity index (χ1) is 13.0. The van der Waals surface area contributed by atoms with Gasteiger partial charge in [-0.25, -0.2) is 0 Å². The van der Waals surface area contributed by atoms with Gasteiger partial charge in [-0.1, -0.05) is 18.2 Å². The monoisotopic (exact) mass is 368 g/mol. The molecular weight excluding hydrogens is 344 g/mol. The van der Waals surface area contributed by atoms with Gasteiger partial charge in [-0.3, -0.25) is 9.59 Å². The Balaban J connectivity index is 1.42. The summed E-state index contributed by atoms with van der Waals surface area (Å²) in [5, 5.41) is 10.8. The Labute approximate surface area is 157 Å². The molecule has 0 spiro atoms. The lowest BCUT2D eigenvalue weighted by Crippen LogP contribution is -2.50. The predicted molar refractivity (Wildman–Crippen MR) is 99.0 cm³/mol. The van der Waals surface area contributed by atoms with Crippen molar-refractivity contribution in [3.63, 3.8) is 0 Å². The van der Waals surface area contributed by atoms with Gasteiger partial charge in [0.2, 0.25) is 5.91 Å². The summed E-state index contributed by atoms with van der Waals surface area (Å²) in [6.45, 7) is 1.11. The van der Waals surface area contributed by atoms with Crippen molar-refractivity contribution in [3.05, 3.63) is 36.0 Å². The summed E-state index contributed by atoms with van der Waals surface area (Å²) in [4.78, 5) is 30.8. The van der Waals surface area contributed by atoms with E-state index < -0.39 is 16.8 Å². The molecule has 0 radical (unpaired) electrons. The highest BCUT2D eigenvalue weighted by atomic mass is 16.5. The molecule has 1 saturated heterocycles. The number of fused-ring (bicyclic) bond motifs is 3. The zero-order valence-electron chi connectivity index (χ0n) is 15.2. The molecule has 27 heavy (non-hydrogen) atoms. The van der Waals surface area contributed by atoms with E-state index in [0.29, 0.717) is 32.4 Å². The number of aliphatic carboxylic acids is 1. The number of carbonyl (C=O) groups is 2. The summed E-state index contributed by atoms with van der Waals surface area (Å²) in [5.41, 5.74) is 0.530. The van der Waals surface area contributed by atoms with E-state index in [1.54, 1.807) is 0 Å². The number of nitrogens with zero attached hydrogens (tertiary/aromatic N) is 1. The van der Waals surface area contributed by atoms with Crippen LogP contribution in [0.4, 0.5) is 0 Å². The van der Waals surface area contributed by atoms with Crippen LogP contribution in [0.2, 0.25) is 0 Å². The summed E-state index contributed by atoms with van der Waals surface area (Å²) in [6.07, 6.45) is 3.58. The molecule has 2 heterocycles. The Kier molecular flexibility index (Phi) is 3.63. The van der Waals surface area contributed by atoms with Gasteiger partial charge >= 0.3 is 5.97 Å². The second-order valence-corrected chi connectivity index (χ2v) is 8.58. The molecule has 6 heteroatoms. The Morgan fingerprint density at radius 1 is 1.19 bits per heavy atom. The molecule has 1 aromatic heterocycles. The fraction of sp³-hybridized carbons (Fsp3) is 0.524. The maximum Gasteiger partial charge on any atom is 0.312 e. The third kappa shape index (κ3) is 2.65. The standard InChI is InChI=1S/C21H24N2O4/c24-18(20-7-8-21(11-20,19(25)26)13-27-12-20)23(16-5-6-16)10-15-9-14-3-1-2-4-17(14)22-15/h1-4,9,16,22H,5-8,10-13H2,(H,25,26). The molecule has 2 unspecified atom stereocenters. The molecule has 142 valence electrons. The van der Waals surface area contributed by atoms with Crippen LogP contribution in [-0.4, -0.2) is 46.1 Å². The Hall–Kier alpha value is -2.34. The average Bonchev–Trinajstić information content (AvgIpc) is 3.36. The largest absolute Gasteiger partial charge is 0.481 e. The lowest BCUT2D eigenvalue weighted by atomic mass is 9.77. The first-order valence-corrected chi connectivity index (χ1v) is 9.70. The van der Waals surface area contributed by atoms with Crippen molar-refractivity contribution in [2.45, 2.75) is 44.7 Å². The minimum Gasteiger partial charge on any atom is -0.481 e. The number of rotatable bonds is 5. The quantitative estimate of drug-likeness (QED) is 0.850. The fourth-order valence-electron chi connectivity index (χ4n) is 4.94. The van der Waals surface area contributed by atoms with Crippen molar-refractivity contribution in [2.75, 3.05) is 13.2 Å². The number of carboxylic acid groups (broad SMARTS) is 1. The number of aromatic amines is 1. The van der Waals surface area contributed by atoms with E-state index in [-0.39, 0.29) is 18.6 Å². The highest BCUT2D eigenvalue weighted by molar-refractivity contribution is 5.87. The molecule has 6 nitrogen and oxygen atoms in total. The summed E-state index contributed by atoms with van der Waals surface area (Å²) in [5.74, 6) is -0.753. The van der Waals surface area contributed by atoms with Crippen LogP contribution in [0.3, 0.4) is 0 Å². The number of ether oxygens (including phenoxy) is 1. The smallest absolute Gasteiger partial charge is 0.312 e. The van der Waals surface area contributed by atoms with E-state index in [9.17, 15) is 14.7 Å². The number of carbonyl (C=O) groups excluding carboxylic acids is 1. The minimum atomic E-state index is -0.885. The molecule has 2 aliphatic carbocycles. The van der Waals surface area contributed by atoms with Crippen molar-refractivity contribution in [3.8, 4) is 0 Å². The summed E-state index contributed by atoms with van der Waals surface area (Å²) in [7, 11) is 0. The van der Waals surface area contributed by atoms with Crippen molar-refractivity contribution >= 4 is 22.8 Å². The molecule has 2 saturated carbocycles. The molecule has 3 aliphatic rings. The third-order valence-corrected chi connectivity index (χ3v) is 6.60. The number of benzene rings is 1. The predicted octanol–water partition coefficient (Wildman–Crippen LogP) is 2.93. The van der Waals surface area contributed by atoms with Gasteiger partial charge in [0, 0.05) is 17.3 Å². The van der Waals surface area contributed by atoms with E-state index in [2.05, 4.69) is 17.1 Å². The Morgan fingerprint density at radius 2 is 1.93 bits per heavy atom. The maximum atomic E-state index is 13.6. The molecule has 2 N–H and O–H groups in total. The van der Waals surface area contributed by atoms with Crippen molar-refractivity contribution in [1.82, 2.24) is 9.88 Å². The molecule has 2 atom stereocenters. The van der Waals surface area contributed by atoms with Crippen LogP contribution in [0.15, 0.2) is 30.3 Å². The van der Waals surface area contributed by atoms with Gasteiger partial charge in [0.05, 0.1) is 30.6 Å². The molecule has 1 amide bonds. The van der Waals surface area contributed by atoms with Crippen LogP contribution >= 0.6 is 0 Å². The normalized spacial score (nSPS) is 29.8. The van der Waals surface area contributed by atoms with Crippen LogP contribution in [-0.2, 0) is 20.9 Å². The summed E-state index contributed by atoms with van der Waals surface area (Å²) >= 11 is 0. The first-order valence-electron chi connectivity index (χ1n) is 9.70. The van der Waals surface area contributed by atoms with Gasteiger partial charge in [0.15, 0.2) is 0 Å². The van der Waals surface area contributed by atoms with E-state index >= 15 is 0 Å². The number of hydrogen-bond donors (Lipinski definition) is 2. The second kappa shape index (κ2) is 5.83. The van der Waals surface area contributed by atoms with Crippen molar-refractivity contribution in [1.29, 1.82) is 0 Å². The summed E-state index contributed by atoms with van der Waals surface area (Å²) in [6, 6.07) is 10.5. The molecular formula is C21H24N2O4. The number of carboxylic acids is 1. The molecule has 1 aliphatic heterocycles. The highest BCUT2D eigenvalue weighted by Gasteiger charge is 2.61. The molecule has 2 aromatic rings. The minimum absolute atomic E-state index is 0.0754. The number of nitrogens with one attached hydrogen (secondary N) is 1. The van der Waals surface area contributed by atoms with Gasteiger partial charge in [0.25, 0.3) is 0 Å². The Bertz CT molecular complexity index is 885. The van der Waals surface area contributed by atoms with Crippen LogP contribution in [0.5, 0.6) is 0 Å². The summed E-state index contributed by atoms with van der Waals surface area (Å²) < 4.78 is 5.66. The van der Waals surface area contributed by atoms with Crippen molar-refractivity contribution in [2.24, 2.45) is 10.8 Å². The Morgan fingerprint density at radius 3 is 2.67 bits per heavy atom. The van der Waals surface area contributed by atoms with E-state index in [1.165, 1.54) is 0 Å². The molecule has 1 aromatic carbocycles. The zero-order chi connectivity index (χ0) is 18.6. The molecule has 2 bridgehead atoms. The van der Waals surface area contributed by atoms with Crippen LogP contribution in [0, 0.1) is 10.8 Å².